The molecule has 5 nitrogen and oxygen atoms in total. The summed E-state index contributed by atoms with van der Waals surface area (Å²) in [5.74, 6) is 0.551. The summed E-state index contributed by atoms with van der Waals surface area (Å²) in [6.45, 7) is 10.1. The van der Waals surface area contributed by atoms with Crippen molar-refractivity contribution in [2.45, 2.75) is 39.2 Å². The van der Waals surface area contributed by atoms with Gasteiger partial charge in [-0.25, -0.2) is 0 Å². The maximum atomic E-state index is 12.5. The van der Waals surface area contributed by atoms with Gasteiger partial charge in [0.1, 0.15) is 5.54 Å². The third kappa shape index (κ3) is 2.91. The van der Waals surface area contributed by atoms with E-state index in [1.165, 1.54) is 0 Å². The summed E-state index contributed by atoms with van der Waals surface area (Å²) in [5, 5.41) is 2.83. The molecular weight excluding hydrogens is 242 g/mol. The van der Waals surface area contributed by atoms with Gasteiger partial charge < -0.3 is 15.1 Å². The lowest BCUT2D eigenvalue weighted by atomic mass is 9.93. The van der Waals surface area contributed by atoms with Crippen LogP contribution in [0.15, 0.2) is 0 Å². The quantitative estimate of drug-likeness (QED) is 0.805. The van der Waals surface area contributed by atoms with E-state index in [-0.39, 0.29) is 18.4 Å². The van der Waals surface area contributed by atoms with E-state index in [1.54, 1.807) is 4.90 Å². The topological polar surface area (TPSA) is 52.6 Å². The molecule has 0 aromatic rings. The van der Waals surface area contributed by atoms with Crippen LogP contribution in [0, 0.1) is 5.92 Å². The molecule has 108 valence electrons. The lowest BCUT2D eigenvalue weighted by Gasteiger charge is -2.40. The minimum Gasteiger partial charge on any atom is -0.340 e. The van der Waals surface area contributed by atoms with Crippen LogP contribution >= 0.6 is 0 Å². The molecule has 0 aliphatic carbocycles. The first kappa shape index (κ1) is 14.3. The van der Waals surface area contributed by atoms with Crippen LogP contribution in [0.1, 0.15) is 33.6 Å². The molecule has 2 rings (SSSR count). The Hall–Kier alpha value is -1.10. The average molecular weight is 267 g/mol. The van der Waals surface area contributed by atoms with Crippen LogP contribution in [-0.2, 0) is 9.59 Å². The summed E-state index contributed by atoms with van der Waals surface area (Å²) in [6, 6.07) is 0. The van der Waals surface area contributed by atoms with Crippen LogP contribution in [0.4, 0.5) is 0 Å². The molecule has 0 spiro atoms. The Bertz CT molecular complexity index is 372. The Balaban J connectivity index is 1.99. The third-order valence-corrected chi connectivity index (χ3v) is 4.51. The highest BCUT2D eigenvalue weighted by Crippen LogP contribution is 2.22. The molecule has 2 fully saturated rings. The van der Waals surface area contributed by atoms with E-state index >= 15 is 0 Å². The van der Waals surface area contributed by atoms with Crippen LogP contribution in [-0.4, -0.2) is 59.9 Å². The molecule has 19 heavy (non-hydrogen) atoms. The van der Waals surface area contributed by atoms with Gasteiger partial charge in [-0.1, -0.05) is 13.8 Å². The second-order valence-electron chi connectivity index (χ2n) is 5.97. The fraction of sp³-hybridized carbons (Fsp3) is 0.857. The number of hydrogen-bond donors (Lipinski definition) is 1. The standard InChI is InChI=1S/C14H25N3O2/c1-4-14(3)13(19)17(10-12(18)15-14)9-11-6-7-16(5-2)8-11/h11H,4-10H2,1-3H3,(H,15,18). The number of carbonyl (C=O) groups excluding carboxylic acids is 2. The van der Waals surface area contributed by atoms with Crippen LogP contribution in [0.3, 0.4) is 0 Å². The van der Waals surface area contributed by atoms with E-state index in [0.717, 1.165) is 32.6 Å². The molecule has 0 radical (unpaired) electrons. The summed E-state index contributed by atoms with van der Waals surface area (Å²) in [7, 11) is 0. The molecule has 5 heteroatoms. The molecule has 0 bridgehead atoms. The Morgan fingerprint density at radius 1 is 1.37 bits per heavy atom. The first-order valence-electron chi connectivity index (χ1n) is 7.31. The second kappa shape index (κ2) is 5.49. The zero-order valence-electron chi connectivity index (χ0n) is 12.2. The normalized spacial score (nSPS) is 32.8. The Labute approximate surface area is 115 Å². The molecule has 2 saturated heterocycles. The van der Waals surface area contributed by atoms with Gasteiger partial charge in [0.2, 0.25) is 11.8 Å². The highest BCUT2D eigenvalue weighted by atomic mass is 16.2. The Kier molecular flexibility index (Phi) is 4.13. The van der Waals surface area contributed by atoms with Gasteiger partial charge in [-0.3, -0.25) is 9.59 Å². The fourth-order valence-electron chi connectivity index (χ4n) is 3.04. The van der Waals surface area contributed by atoms with Crippen molar-refractivity contribution >= 4 is 11.8 Å². The molecule has 2 amide bonds. The van der Waals surface area contributed by atoms with E-state index in [2.05, 4.69) is 17.1 Å². The number of piperazine rings is 1. The van der Waals surface area contributed by atoms with Crippen molar-refractivity contribution in [3.05, 3.63) is 0 Å². The van der Waals surface area contributed by atoms with Gasteiger partial charge >= 0.3 is 0 Å². The fourth-order valence-corrected chi connectivity index (χ4v) is 3.04. The van der Waals surface area contributed by atoms with Gasteiger partial charge in [0.15, 0.2) is 0 Å². The zero-order valence-corrected chi connectivity index (χ0v) is 12.2. The van der Waals surface area contributed by atoms with Crippen LogP contribution in [0.2, 0.25) is 0 Å². The third-order valence-electron chi connectivity index (χ3n) is 4.51. The molecule has 2 aliphatic rings. The van der Waals surface area contributed by atoms with Crippen molar-refractivity contribution in [1.29, 1.82) is 0 Å². The molecular formula is C14H25N3O2. The van der Waals surface area contributed by atoms with Gasteiger partial charge in [0, 0.05) is 13.1 Å². The van der Waals surface area contributed by atoms with E-state index < -0.39 is 5.54 Å². The summed E-state index contributed by atoms with van der Waals surface area (Å²) >= 11 is 0. The van der Waals surface area contributed by atoms with Gasteiger partial charge in [0.05, 0.1) is 6.54 Å². The van der Waals surface area contributed by atoms with Gasteiger partial charge in [-0.2, -0.15) is 0 Å². The highest BCUT2D eigenvalue weighted by Gasteiger charge is 2.42. The first-order chi connectivity index (χ1) is 8.98. The van der Waals surface area contributed by atoms with Crippen molar-refractivity contribution in [3.8, 4) is 0 Å². The van der Waals surface area contributed by atoms with Crippen LogP contribution in [0.25, 0.3) is 0 Å². The number of hydrogen-bond acceptors (Lipinski definition) is 3. The van der Waals surface area contributed by atoms with E-state index in [9.17, 15) is 9.59 Å². The van der Waals surface area contributed by atoms with Crippen LogP contribution in [0.5, 0.6) is 0 Å². The predicted molar refractivity (Wildman–Crippen MR) is 73.6 cm³/mol. The maximum Gasteiger partial charge on any atom is 0.248 e. The minimum atomic E-state index is -0.710. The number of rotatable bonds is 4. The highest BCUT2D eigenvalue weighted by molar-refractivity contribution is 5.97. The number of nitrogens with one attached hydrogen (secondary N) is 1. The van der Waals surface area contributed by atoms with Crippen molar-refractivity contribution in [3.63, 3.8) is 0 Å². The average Bonchev–Trinajstić information content (AvgIpc) is 2.83. The van der Waals surface area contributed by atoms with Gasteiger partial charge in [0.25, 0.3) is 0 Å². The Morgan fingerprint density at radius 2 is 2.11 bits per heavy atom. The van der Waals surface area contributed by atoms with Crippen molar-refractivity contribution < 1.29 is 9.59 Å². The number of likely N-dealkylation sites (tertiary alicyclic amines) is 1. The largest absolute Gasteiger partial charge is 0.340 e. The minimum absolute atomic E-state index is 0.0331. The van der Waals surface area contributed by atoms with Gasteiger partial charge in [-0.15, -0.1) is 0 Å². The number of carbonyl (C=O) groups is 2. The van der Waals surface area contributed by atoms with Crippen molar-refractivity contribution in [2.75, 3.05) is 32.7 Å². The molecule has 0 aromatic carbocycles. The molecule has 0 aromatic heterocycles. The van der Waals surface area contributed by atoms with Gasteiger partial charge in [-0.05, 0) is 38.8 Å². The summed E-state index contributed by atoms with van der Waals surface area (Å²) in [5.41, 5.74) is -0.710. The number of nitrogens with zero attached hydrogens (tertiary/aromatic N) is 2. The van der Waals surface area contributed by atoms with Crippen molar-refractivity contribution in [2.24, 2.45) is 5.92 Å². The lowest BCUT2D eigenvalue weighted by Crippen LogP contribution is -2.65. The zero-order chi connectivity index (χ0) is 14.0. The van der Waals surface area contributed by atoms with Crippen LogP contribution < -0.4 is 5.32 Å². The first-order valence-corrected chi connectivity index (χ1v) is 7.31. The second-order valence-corrected chi connectivity index (χ2v) is 5.97. The molecule has 0 saturated carbocycles. The SMILES string of the molecule is CCN1CCC(CN2CC(=O)NC(C)(CC)C2=O)C1. The van der Waals surface area contributed by atoms with E-state index in [4.69, 9.17) is 0 Å². The monoisotopic (exact) mass is 267 g/mol. The molecule has 2 unspecified atom stereocenters. The molecule has 2 atom stereocenters. The van der Waals surface area contributed by atoms with E-state index in [1.807, 2.05) is 13.8 Å². The molecule has 2 heterocycles. The smallest absolute Gasteiger partial charge is 0.248 e. The maximum absolute atomic E-state index is 12.5. The lowest BCUT2D eigenvalue weighted by molar-refractivity contribution is -0.149. The summed E-state index contributed by atoms with van der Waals surface area (Å²) in [6.07, 6.45) is 1.77. The summed E-state index contributed by atoms with van der Waals surface area (Å²) < 4.78 is 0. The predicted octanol–water partition coefficient (Wildman–Crippen LogP) is 0.455. The van der Waals surface area contributed by atoms with Crippen molar-refractivity contribution in [1.82, 2.24) is 15.1 Å². The summed E-state index contributed by atoms with van der Waals surface area (Å²) in [4.78, 5) is 28.4. The molecule has 1 N–H and O–H groups in total. The Morgan fingerprint density at radius 3 is 2.68 bits per heavy atom. The molecule has 2 aliphatic heterocycles. The number of amides is 2. The van der Waals surface area contributed by atoms with E-state index in [0.29, 0.717) is 12.3 Å².